The van der Waals surface area contributed by atoms with Gasteiger partial charge in [0.05, 0.1) is 13.0 Å². The van der Waals surface area contributed by atoms with E-state index >= 15 is 0 Å². The number of ether oxygens (including phenoxy) is 1. The van der Waals surface area contributed by atoms with E-state index in [4.69, 9.17) is 0 Å². The number of esters is 1. The van der Waals surface area contributed by atoms with Gasteiger partial charge in [-0.15, -0.1) is 0 Å². The molecule has 2 nitrogen and oxygen atoms in total. The maximum Gasteiger partial charge on any atom is 0.459 e. The van der Waals surface area contributed by atoms with Crippen LogP contribution in [-0.2, 0) is 9.53 Å². The number of alkyl halides is 10. The summed E-state index contributed by atoms with van der Waals surface area (Å²) in [4.78, 5) is 10.6. The van der Waals surface area contributed by atoms with E-state index in [1.165, 1.54) is 0 Å². The van der Waals surface area contributed by atoms with E-state index in [-0.39, 0.29) is 0 Å². The van der Waals surface area contributed by atoms with Gasteiger partial charge >= 0.3 is 30.2 Å². The van der Waals surface area contributed by atoms with Gasteiger partial charge in [-0.1, -0.05) is 6.58 Å². The minimum Gasteiger partial charge on any atom is -0.462 e. The summed E-state index contributed by atoms with van der Waals surface area (Å²) >= 11 is 0. The molecule has 0 spiro atoms. The molecule has 0 aliphatic rings. The lowest BCUT2D eigenvalue weighted by Gasteiger charge is -2.27. The van der Waals surface area contributed by atoms with Gasteiger partial charge in [0.15, 0.2) is 0 Å². The fraction of sp³-hybridized carbons (Fsp3) is 0.667. The minimum atomic E-state index is -6.57. The van der Waals surface area contributed by atoms with Crippen molar-refractivity contribution < 1.29 is 53.4 Å². The van der Waals surface area contributed by atoms with E-state index in [1.807, 2.05) is 0 Å². The lowest BCUT2D eigenvalue weighted by atomic mass is 10.1. The van der Waals surface area contributed by atoms with Crippen LogP contribution < -0.4 is 0 Å². The fourth-order valence-corrected chi connectivity index (χ4v) is 0.839. The Morgan fingerprint density at radius 1 is 0.905 bits per heavy atom. The minimum absolute atomic E-state index is 1.79. The third-order valence-corrected chi connectivity index (χ3v) is 2.05. The van der Waals surface area contributed by atoms with E-state index in [2.05, 4.69) is 11.3 Å². The molecule has 0 atom stereocenters. The van der Waals surface area contributed by atoms with Crippen LogP contribution in [0.2, 0.25) is 0 Å². The molecular formula is C9H6F10O2. The monoisotopic (exact) mass is 336 g/mol. The molecule has 0 heterocycles. The average Bonchev–Trinajstić information content (AvgIpc) is 2.24. The van der Waals surface area contributed by atoms with Crippen LogP contribution in [0.1, 0.15) is 6.42 Å². The van der Waals surface area contributed by atoms with Crippen molar-refractivity contribution in [3.8, 4) is 0 Å². The van der Waals surface area contributed by atoms with Crippen molar-refractivity contribution in [2.75, 3.05) is 6.61 Å². The standard InChI is InChI=1S/C9H6F10O2/c1-4(7(12,13)14)5(20)21-3-2-6(10,11)8(15,16)9(17,18)19/h1-3H2. The molecule has 0 rings (SSSR count). The summed E-state index contributed by atoms with van der Waals surface area (Å²) in [6, 6.07) is 0. The van der Waals surface area contributed by atoms with Crippen LogP contribution >= 0.6 is 0 Å². The summed E-state index contributed by atoms with van der Waals surface area (Å²) in [5, 5.41) is 0. The van der Waals surface area contributed by atoms with Gasteiger partial charge in [-0.25, -0.2) is 4.79 Å². The SMILES string of the molecule is C=C(C(=O)OCCC(F)(F)C(F)(F)C(F)(F)F)C(F)(F)F. The number of hydrogen-bond acceptors (Lipinski definition) is 2. The molecule has 0 unspecified atom stereocenters. The van der Waals surface area contributed by atoms with Gasteiger partial charge in [0, 0.05) is 0 Å². The Kier molecular flexibility index (Phi) is 5.31. The molecule has 0 aromatic carbocycles. The van der Waals surface area contributed by atoms with Crippen LogP contribution in [0.5, 0.6) is 0 Å². The van der Waals surface area contributed by atoms with Crippen molar-refractivity contribution >= 4 is 5.97 Å². The largest absolute Gasteiger partial charge is 0.462 e. The van der Waals surface area contributed by atoms with Crippen LogP contribution in [0.15, 0.2) is 12.2 Å². The molecule has 21 heavy (non-hydrogen) atoms. The average molecular weight is 336 g/mol. The van der Waals surface area contributed by atoms with Crippen LogP contribution in [-0.4, -0.2) is 36.8 Å². The third-order valence-electron chi connectivity index (χ3n) is 2.05. The Balaban J connectivity index is 4.68. The lowest BCUT2D eigenvalue weighted by Crippen LogP contribution is -2.52. The first kappa shape index (κ1) is 19.5. The van der Waals surface area contributed by atoms with Crippen LogP contribution in [0.4, 0.5) is 43.9 Å². The number of carbonyl (C=O) groups is 1. The molecular weight excluding hydrogens is 330 g/mol. The van der Waals surface area contributed by atoms with Gasteiger partial charge in [-0.2, -0.15) is 43.9 Å². The van der Waals surface area contributed by atoms with Crippen molar-refractivity contribution in [2.24, 2.45) is 0 Å². The first-order valence-electron chi connectivity index (χ1n) is 4.79. The molecule has 0 N–H and O–H groups in total. The number of hydrogen-bond donors (Lipinski definition) is 0. The second kappa shape index (κ2) is 5.72. The molecule has 0 radical (unpaired) electrons. The second-order valence-electron chi connectivity index (χ2n) is 3.64. The summed E-state index contributed by atoms with van der Waals surface area (Å²) in [6.07, 6.45) is -14.2. The molecule has 12 heteroatoms. The Morgan fingerprint density at radius 3 is 1.67 bits per heavy atom. The molecule has 124 valence electrons. The highest BCUT2D eigenvalue weighted by Gasteiger charge is 2.72. The topological polar surface area (TPSA) is 26.3 Å². The van der Waals surface area contributed by atoms with Gasteiger partial charge in [-0.3, -0.25) is 0 Å². The maximum atomic E-state index is 12.7. The Hall–Kier alpha value is -1.49. The predicted octanol–water partition coefficient (Wildman–Crippen LogP) is 3.87. The maximum absolute atomic E-state index is 12.7. The fourth-order valence-electron chi connectivity index (χ4n) is 0.839. The molecule has 0 aromatic heterocycles. The smallest absolute Gasteiger partial charge is 0.459 e. The molecule has 0 saturated heterocycles. The zero-order chi connectivity index (χ0) is 17.3. The number of carbonyl (C=O) groups excluding carboxylic acids is 1. The highest BCUT2D eigenvalue weighted by Crippen LogP contribution is 2.47. The molecule has 0 aromatic rings. The van der Waals surface area contributed by atoms with Gasteiger partial charge < -0.3 is 4.74 Å². The first-order valence-corrected chi connectivity index (χ1v) is 4.79. The molecule has 0 amide bonds. The van der Waals surface area contributed by atoms with Gasteiger partial charge in [0.1, 0.15) is 5.57 Å². The highest BCUT2D eigenvalue weighted by atomic mass is 19.4. The van der Waals surface area contributed by atoms with Gasteiger partial charge in [0.25, 0.3) is 0 Å². The number of halogens is 10. The molecule has 0 fully saturated rings. The summed E-state index contributed by atoms with van der Waals surface area (Å²) in [5.74, 6) is -14.3. The highest BCUT2D eigenvalue weighted by molar-refractivity contribution is 5.89. The van der Waals surface area contributed by atoms with Gasteiger partial charge in [-0.05, 0) is 0 Å². The van der Waals surface area contributed by atoms with E-state index in [0.29, 0.717) is 0 Å². The van der Waals surface area contributed by atoms with E-state index in [0.717, 1.165) is 0 Å². The zero-order valence-electron chi connectivity index (χ0n) is 9.72. The van der Waals surface area contributed by atoms with Gasteiger partial charge in [0.2, 0.25) is 0 Å². The summed E-state index contributed by atoms with van der Waals surface area (Å²) in [5.41, 5.74) is -2.12. The number of rotatable bonds is 5. The summed E-state index contributed by atoms with van der Waals surface area (Å²) < 4.78 is 124. The lowest BCUT2D eigenvalue weighted by molar-refractivity contribution is -0.356. The Labute approximate surface area is 110 Å². The van der Waals surface area contributed by atoms with Crippen molar-refractivity contribution in [3.63, 3.8) is 0 Å². The molecule has 0 bridgehead atoms. The zero-order valence-corrected chi connectivity index (χ0v) is 9.72. The normalized spacial score (nSPS) is 14.0. The van der Waals surface area contributed by atoms with Crippen LogP contribution in [0, 0.1) is 0 Å². The van der Waals surface area contributed by atoms with Crippen molar-refractivity contribution in [3.05, 3.63) is 12.2 Å². The van der Waals surface area contributed by atoms with Crippen molar-refractivity contribution in [2.45, 2.75) is 30.6 Å². The van der Waals surface area contributed by atoms with Crippen molar-refractivity contribution in [1.29, 1.82) is 0 Å². The molecule has 0 aliphatic carbocycles. The van der Waals surface area contributed by atoms with E-state index in [1.54, 1.807) is 0 Å². The van der Waals surface area contributed by atoms with Crippen molar-refractivity contribution in [1.82, 2.24) is 0 Å². The Morgan fingerprint density at radius 2 is 1.33 bits per heavy atom. The summed E-state index contributed by atoms with van der Waals surface area (Å²) in [7, 11) is 0. The van der Waals surface area contributed by atoms with Crippen LogP contribution in [0.25, 0.3) is 0 Å². The molecule has 0 aliphatic heterocycles. The second-order valence-corrected chi connectivity index (χ2v) is 3.64. The first-order chi connectivity index (χ1) is 9.04. The van der Waals surface area contributed by atoms with Crippen LogP contribution in [0.3, 0.4) is 0 Å². The van der Waals surface area contributed by atoms with E-state index in [9.17, 15) is 48.7 Å². The third kappa shape index (κ3) is 4.49. The van der Waals surface area contributed by atoms with E-state index < -0.39 is 48.8 Å². The summed E-state index contributed by atoms with van der Waals surface area (Å²) in [6.45, 7) is 0.429. The Bertz CT molecular complexity index is 406. The quantitative estimate of drug-likeness (QED) is 0.433. The molecule has 0 saturated carbocycles. The predicted molar refractivity (Wildman–Crippen MR) is 46.7 cm³/mol.